The largest absolute Gasteiger partial charge is 0.453 e. The molecule has 0 bridgehead atoms. The number of ether oxygens (including phenoxy) is 1. The number of cyclic esters (lactones) is 1. The third-order valence-electron chi connectivity index (χ3n) is 4.88. The van der Waals surface area contributed by atoms with Gasteiger partial charge in [-0.15, -0.1) is 0 Å². The van der Waals surface area contributed by atoms with E-state index >= 15 is 0 Å². The zero-order chi connectivity index (χ0) is 19.4. The third-order valence-corrected chi connectivity index (χ3v) is 5.88. The second-order valence-electron chi connectivity index (χ2n) is 6.70. The Hall–Kier alpha value is -2.40. The number of rotatable bonds is 7. The zero-order valence-corrected chi connectivity index (χ0v) is 16.1. The van der Waals surface area contributed by atoms with Crippen molar-refractivity contribution in [2.45, 2.75) is 30.6 Å². The fourth-order valence-corrected chi connectivity index (χ4v) is 3.73. The summed E-state index contributed by atoms with van der Waals surface area (Å²) in [5.41, 5.74) is 1.52. The first-order valence-corrected chi connectivity index (χ1v) is 10.2. The minimum absolute atomic E-state index is 0.166. The van der Waals surface area contributed by atoms with Crippen LogP contribution in [0.3, 0.4) is 0 Å². The molecule has 2 aromatic carbocycles. The van der Waals surface area contributed by atoms with Gasteiger partial charge in [-0.25, -0.2) is 0 Å². The minimum Gasteiger partial charge on any atom is -0.453 e. The van der Waals surface area contributed by atoms with Gasteiger partial charge in [0, 0.05) is 11.7 Å². The van der Waals surface area contributed by atoms with Gasteiger partial charge in [-0.3, -0.25) is 14.4 Å². The Kier molecular flexibility index (Phi) is 6.11. The maximum absolute atomic E-state index is 13.3. The lowest BCUT2D eigenvalue weighted by Gasteiger charge is -2.18. The molecule has 1 heterocycles. The molecular formula is C22H22O4S. The zero-order valence-electron chi connectivity index (χ0n) is 15.3. The summed E-state index contributed by atoms with van der Waals surface area (Å²) in [5.74, 6) is -3.58. The Morgan fingerprint density at radius 3 is 2.00 bits per heavy atom. The van der Waals surface area contributed by atoms with Gasteiger partial charge >= 0.3 is 5.97 Å². The van der Waals surface area contributed by atoms with Crippen molar-refractivity contribution in [2.75, 3.05) is 6.26 Å². The average molecular weight is 382 g/mol. The van der Waals surface area contributed by atoms with Crippen molar-refractivity contribution in [3.63, 3.8) is 0 Å². The molecule has 1 aliphatic heterocycles. The van der Waals surface area contributed by atoms with Crippen LogP contribution in [0.4, 0.5) is 0 Å². The molecule has 5 heteroatoms. The van der Waals surface area contributed by atoms with Crippen LogP contribution in [-0.2, 0) is 19.1 Å². The second-order valence-corrected chi connectivity index (χ2v) is 7.98. The molecule has 0 aromatic heterocycles. The van der Waals surface area contributed by atoms with Gasteiger partial charge in [0.15, 0.2) is 23.6 Å². The van der Waals surface area contributed by atoms with Gasteiger partial charge in [0.05, 0.1) is 5.92 Å². The van der Waals surface area contributed by atoms with E-state index in [9.17, 15) is 14.4 Å². The molecule has 0 aliphatic carbocycles. The van der Waals surface area contributed by atoms with E-state index in [1.807, 2.05) is 73.8 Å². The molecule has 2 aromatic rings. The molecule has 0 amide bonds. The fraction of sp³-hybridized carbons (Fsp3) is 0.318. The molecular weight excluding hydrogens is 360 g/mol. The van der Waals surface area contributed by atoms with Gasteiger partial charge in [-0.05, 0) is 17.4 Å². The van der Waals surface area contributed by atoms with Gasteiger partial charge in [0.25, 0.3) is 0 Å². The number of Topliss-reactive ketones (excluding diaryl/α,β-unsaturated/α-hetero) is 2. The molecule has 1 aliphatic rings. The highest BCUT2D eigenvalue weighted by molar-refractivity contribution is 7.99. The fourth-order valence-electron chi connectivity index (χ4n) is 3.37. The molecule has 0 spiro atoms. The molecule has 3 unspecified atom stereocenters. The monoisotopic (exact) mass is 382 g/mol. The van der Waals surface area contributed by atoms with Crippen LogP contribution in [0, 0.1) is 5.92 Å². The van der Waals surface area contributed by atoms with Crippen LogP contribution in [0.25, 0.3) is 0 Å². The highest BCUT2D eigenvalue weighted by Crippen LogP contribution is 2.33. The standard InChI is InChI=1S/C22H22O4S/c1-14(27-2)13-17-20(23)19(22(25)26-17)21(24)18(15-9-5-3-6-10-15)16-11-7-4-8-12-16/h3-12,14,17-19H,13H2,1-2H3. The Labute approximate surface area is 163 Å². The summed E-state index contributed by atoms with van der Waals surface area (Å²) in [6, 6.07) is 18.5. The second kappa shape index (κ2) is 8.53. The predicted molar refractivity (Wildman–Crippen MR) is 106 cm³/mol. The van der Waals surface area contributed by atoms with Crippen LogP contribution < -0.4 is 0 Å². The number of thioether (sulfide) groups is 1. The van der Waals surface area contributed by atoms with E-state index in [4.69, 9.17) is 4.74 Å². The lowest BCUT2D eigenvalue weighted by Crippen LogP contribution is -2.33. The Morgan fingerprint density at radius 1 is 1.00 bits per heavy atom. The van der Waals surface area contributed by atoms with Crippen LogP contribution in [0.5, 0.6) is 0 Å². The number of hydrogen-bond acceptors (Lipinski definition) is 5. The van der Waals surface area contributed by atoms with Gasteiger partial charge in [0.1, 0.15) is 0 Å². The Balaban J connectivity index is 1.93. The highest BCUT2D eigenvalue weighted by atomic mass is 32.2. The first kappa shape index (κ1) is 19.4. The quantitative estimate of drug-likeness (QED) is 0.540. The molecule has 0 N–H and O–H groups in total. The van der Waals surface area contributed by atoms with Gasteiger partial charge in [-0.2, -0.15) is 11.8 Å². The van der Waals surface area contributed by atoms with E-state index in [-0.39, 0.29) is 5.25 Å². The molecule has 27 heavy (non-hydrogen) atoms. The van der Waals surface area contributed by atoms with E-state index in [1.165, 1.54) is 0 Å². The van der Waals surface area contributed by atoms with Crippen molar-refractivity contribution in [1.29, 1.82) is 0 Å². The average Bonchev–Trinajstić information content (AvgIpc) is 2.96. The van der Waals surface area contributed by atoms with Gasteiger partial charge < -0.3 is 4.74 Å². The summed E-state index contributed by atoms with van der Waals surface area (Å²) >= 11 is 1.60. The van der Waals surface area contributed by atoms with E-state index in [2.05, 4.69) is 0 Å². The maximum Gasteiger partial charge on any atom is 0.325 e. The summed E-state index contributed by atoms with van der Waals surface area (Å²) in [4.78, 5) is 38.5. The Morgan fingerprint density at radius 2 is 1.52 bits per heavy atom. The Bertz CT molecular complexity index is 779. The summed E-state index contributed by atoms with van der Waals surface area (Å²) in [6.45, 7) is 1.97. The van der Waals surface area contributed by atoms with Crippen molar-refractivity contribution in [3.8, 4) is 0 Å². The first-order chi connectivity index (χ1) is 13.0. The normalized spacial score (nSPS) is 20.6. The molecule has 0 radical (unpaired) electrons. The number of hydrogen-bond donors (Lipinski definition) is 0. The number of carbonyl (C=O) groups excluding carboxylic acids is 3. The van der Waals surface area contributed by atoms with Crippen molar-refractivity contribution >= 4 is 29.3 Å². The van der Waals surface area contributed by atoms with Crippen LogP contribution in [0.1, 0.15) is 30.4 Å². The molecule has 0 saturated carbocycles. The summed E-state index contributed by atoms with van der Waals surface area (Å²) < 4.78 is 5.28. The van der Waals surface area contributed by atoms with Crippen LogP contribution in [-0.4, -0.2) is 35.1 Å². The van der Waals surface area contributed by atoms with Crippen LogP contribution in [0.2, 0.25) is 0 Å². The molecule has 1 saturated heterocycles. The SMILES string of the molecule is CSC(C)CC1OC(=O)C(C(=O)C(c2ccccc2)c2ccccc2)C1=O. The number of carbonyl (C=O) groups is 3. The summed E-state index contributed by atoms with van der Waals surface area (Å²) in [7, 11) is 0. The molecule has 3 atom stereocenters. The van der Waals surface area contributed by atoms with E-state index in [0.29, 0.717) is 6.42 Å². The van der Waals surface area contributed by atoms with E-state index in [1.54, 1.807) is 11.8 Å². The lowest BCUT2D eigenvalue weighted by atomic mass is 9.81. The molecule has 3 rings (SSSR count). The van der Waals surface area contributed by atoms with Gasteiger partial charge in [-0.1, -0.05) is 67.6 Å². The van der Waals surface area contributed by atoms with Crippen LogP contribution in [0.15, 0.2) is 60.7 Å². The summed E-state index contributed by atoms with van der Waals surface area (Å²) in [5, 5.41) is 0.166. The van der Waals surface area contributed by atoms with Gasteiger partial charge in [0.2, 0.25) is 0 Å². The van der Waals surface area contributed by atoms with Crippen molar-refractivity contribution in [1.82, 2.24) is 0 Å². The number of esters is 1. The summed E-state index contributed by atoms with van der Waals surface area (Å²) in [6.07, 6.45) is 1.53. The number of ketones is 2. The smallest absolute Gasteiger partial charge is 0.325 e. The maximum atomic E-state index is 13.3. The lowest BCUT2D eigenvalue weighted by molar-refractivity contribution is -0.147. The van der Waals surface area contributed by atoms with Crippen LogP contribution >= 0.6 is 11.8 Å². The molecule has 1 fully saturated rings. The van der Waals surface area contributed by atoms with Crippen molar-refractivity contribution < 1.29 is 19.1 Å². The van der Waals surface area contributed by atoms with E-state index < -0.39 is 35.5 Å². The third kappa shape index (κ3) is 4.14. The van der Waals surface area contributed by atoms with E-state index in [0.717, 1.165) is 11.1 Å². The number of benzene rings is 2. The minimum atomic E-state index is -1.35. The van der Waals surface area contributed by atoms with Crippen molar-refractivity contribution in [2.24, 2.45) is 5.92 Å². The molecule has 4 nitrogen and oxygen atoms in total. The first-order valence-electron chi connectivity index (χ1n) is 8.93. The topological polar surface area (TPSA) is 60.4 Å². The predicted octanol–water partition coefficient (Wildman–Crippen LogP) is 3.64. The van der Waals surface area contributed by atoms with Crippen molar-refractivity contribution in [3.05, 3.63) is 71.8 Å². The molecule has 140 valence electrons. The highest BCUT2D eigenvalue weighted by Gasteiger charge is 2.50.